The van der Waals surface area contributed by atoms with E-state index >= 15 is 0 Å². The summed E-state index contributed by atoms with van der Waals surface area (Å²) in [6, 6.07) is 14.5. The van der Waals surface area contributed by atoms with Crippen molar-refractivity contribution in [3.63, 3.8) is 0 Å². The topological polar surface area (TPSA) is 84.1 Å². The molecule has 0 aliphatic carbocycles. The van der Waals surface area contributed by atoms with E-state index in [1.165, 1.54) is 42.6 Å². The van der Waals surface area contributed by atoms with Gasteiger partial charge in [0.2, 0.25) is 0 Å². The molecule has 2 aromatic carbocycles. The fourth-order valence-corrected chi connectivity index (χ4v) is 3.14. The maximum atomic E-state index is 12.8. The lowest BCUT2D eigenvalue weighted by atomic mass is 10.0. The molecule has 6 nitrogen and oxygen atoms in total. The van der Waals surface area contributed by atoms with Crippen LogP contribution in [0.5, 0.6) is 5.75 Å². The van der Waals surface area contributed by atoms with Crippen LogP contribution in [0.1, 0.15) is 10.4 Å². The Morgan fingerprint density at radius 3 is 2.58 bits per heavy atom. The van der Waals surface area contributed by atoms with E-state index in [-0.39, 0.29) is 27.7 Å². The molecule has 2 N–H and O–H groups in total. The summed E-state index contributed by atoms with van der Waals surface area (Å²) in [5.74, 6) is -0.978. The zero-order chi connectivity index (χ0) is 22.0. The maximum absolute atomic E-state index is 12.8. The molecule has 9 heteroatoms. The molecule has 0 saturated heterocycles. The summed E-state index contributed by atoms with van der Waals surface area (Å²) in [6.45, 7) is 0. The second kappa shape index (κ2) is 7.94. The lowest BCUT2D eigenvalue weighted by Crippen LogP contribution is -2.18. The highest BCUT2D eigenvalue weighted by Crippen LogP contribution is 2.33. The molecule has 0 unspecified atom stereocenters. The van der Waals surface area contributed by atoms with E-state index in [0.717, 1.165) is 6.07 Å². The molecule has 0 aliphatic heterocycles. The Hall–Kier alpha value is -4.14. The molecule has 0 spiro atoms. The van der Waals surface area contributed by atoms with Crippen LogP contribution in [0.15, 0.2) is 77.9 Å². The second-order valence-corrected chi connectivity index (χ2v) is 6.52. The van der Waals surface area contributed by atoms with Crippen molar-refractivity contribution in [2.75, 3.05) is 5.32 Å². The molecule has 2 heterocycles. The van der Waals surface area contributed by atoms with Crippen LogP contribution in [0.4, 0.5) is 18.9 Å². The monoisotopic (exact) mass is 425 g/mol. The molecule has 0 bridgehead atoms. The number of fused-ring (bicyclic) bond motifs is 1. The van der Waals surface area contributed by atoms with E-state index in [4.69, 9.17) is 0 Å². The number of anilines is 1. The van der Waals surface area contributed by atoms with Gasteiger partial charge < -0.3 is 15.0 Å². The number of ether oxygens (including phenoxy) is 1. The zero-order valence-corrected chi connectivity index (χ0v) is 15.7. The van der Waals surface area contributed by atoms with Crippen molar-refractivity contribution in [2.45, 2.75) is 6.36 Å². The predicted molar refractivity (Wildman–Crippen MR) is 109 cm³/mol. The third-order valence-electron chi connectivity index (χ3n) is 4.43. The Labute approximate surface area is 173 Å². The first kappa shape index (κ1) is 20.1. The Kier molecular flexibility index (Phi) is 5.16. The maximum Gasteiger partial charge on any atom is 0.573 e. The Morgan fingerprint density at radius 1 is 1.03 bits per heavy atom. The van der Waals surface area contributed by atoms with Gasteiger partial charge in [-0.3, -0.25) is 14.6 Å². The molecule has 156 valence electrons. The van der Waals surface area contributed by atoms with Crippen LogP contribution in [0, 0.1) is 0 Å². The van der Waals surface area contributed by atoms with E-state index in [0.29, 0.717) is 5.69 Å². The quantitative estimate of drug-likeness (QED) is 0.495. The number of halogens is 3. The van der Waals surface area contributed by atoms with Crippen LogP contribution in [-0.2, 0) is 0 Å². The number of H-pyrrole nitrogens is 1. The van der Waals surface area contributed by atoms with Gasteiger partial charge in [-0.05, 0) is 36.4 Å². The van der Waals surface area contributed by atoms with E-state index in [2.05, 4.69) is 20.0 Å². The number of nitrogens with zero attached hydrogens (tertiary/aromatic N) is 1. The first-order chi connectivity index (χ1) is 14.8. The highest BCUT2D eigenvalue weighted by atomic mass is 19.4. The Bertz CT molecular complexity index is 1320. The van der Waals surface area contributed by atoms with Crippen LogP contribution >= 0.6 is 0 Å². The van der Waals surface area contributed by atoms with E-state index in [9.17, 15) is 22.8 Å². The summed E-state index contributed by atoms with van der Waals surface area (Å²) in [7, 11) is 0. The third-order valence-corrected chi connectivity index (χ3v) is 4.43. The van der Waals surface area contributed by atoms with Gasteiger partial charge in [-0.25, -0.2) is 0 Å². The van der Waals surface area contributed by atoms with Crippen molar-refractivity contribution >= 4 is 22.5 Å². The molecule has 4 rings (SSSR count). The highest BCUT2D eigenvalue weighted by molar-refractivity contribution is 6.12. The fourth-order valence-electron chi connectivity index (χ4n) is 3.14. The van der Waals surface area contributed by atoms with Crippen LogP contribution in [0.2, 0.25) is 0 Å². The number of carbonyl (C=O) groups excluding carboxylic acids is 1. The molecular weight excluding hydrogens is 411 g/mol. The van der Waals surface area contributed by atoms with Crippen LogP contribution in [-0.4, -0.2) is 22.2 Å². The molecule has 4 aromatic rings. The largest absolute Gasteiger partial charge is 0.573 e. The highest BCUT2D eigenvalue weighted by Gasteiger charge is 2.32. The number of aromatic nitrogens is 2. The van der Waals surface area contributed by atoms with E-state index < -0.39 is 23.4 Å². The number of benzene rings is 2. The Morgan fingerprint density at radius 2 is 1.84 bits per heavy atom. The van der Waals surface area contributed by atoms with Gasteiger partial charge in [-0.1, -0.05) is 18.2 Å². The third kappa shape index (κ3) is 4.40. The van der Waals surface area contributed by atoms with Crippen molar-refractivity contribution in [1.82, 2.24) is 9.97 Å². The van der Waals surface area contributed by atoms with E-state index in [1.54, 1.807) is 24.4 Å². The fraction of sp³-hybridized carbons (Fsp3) is 0.0455. The predicted octanol–water partition coefficient (Wildman–Crippen LogP) is 4.74. The van der Waals surface area contributed by atoms with Gasteiger partial charge in [0.15, 0.2) is 5.43 Å². The van der Waals surface area contributed by atoms with Crippen LogP contribution in [0.25, 0.3) is 22.2 Å². The first-order valence-electron chi connectivity index (χ1n) is 9.04. The minimum Gasteiger partial charge on any atom is -0.405 e. The minimum absolute atomic E-state index is 0.0290. The van der Waals surface area contributed by atoms with Crippen molar-refractivity contribution < 1.29 is 22.7 Å². The number of nitrogens with one attached hydrogen (secondary N) is 2. The van der Waals surface area contributed by atoms with Gasteiger partial charge >= 0.3 is 6.36 Å². The van der Waals surface area contributed by atoms with Crippen LogP contribution < -0.4 is 15.5 Å². The van der Waals surface area contributed by atoms with Gasteiger partial charge in [0.05, 0.1) is 28.7 Å². The number of hydrogen-bond donors (Lipinski definition) is 2. The lowest BCUT2D eigenvalue weighted by molar-refractivity contribution is -0.274. The van der Waals surface area contributed by atoms with Gasteiger partial charge in [0.25, 0.3) is 5.91 Å². The van der Waals surface area contributed by atoms with Gasteiger partial charge in [-0.15, -0.1) is 13.2 Å². The molecule has 0 atom stereocenters. The average molecular weight is 425 g/mol. The Balaban J connectivity index is 1.83. The number of pyridine rings is 2. The zero-order valence-electron chi connectivity index (χ0n) is 15.7. The summed E-state index contributed by atoms with van der Waals surface area (Å²) >= 11 is 0. The molecule has 0 fully saturated rings. The molecule has 1 amide bonds. The summed E-state index contributed by atoms with van der Waals surface area (Å²) in [5, 5.41) is 2.89. The van der Waals surface area contributed by atoms with Crippen molar-refractivity contribution in [3.8, 4) is 17.0 Å². The number of alkyl halides is 3. The van der Waals surface area contributed by atoms with Crippen molar-refractivity contribution in [3.05, 3.63) is 88.8 Å². The molecular formula is C22H14F3N3O3. The summed E-state index contributed by atoms with van der Waals surface area (Å²) in [6.07, 6.45) is -1.89. The van der Waals surface area contributed by atoms with Crippen molar-refractivity contribution in [2.24, 2.45) is 0 Å². The summed E-state index contributed by atoms with van der Waals surface area (Å²) in [5.41, 5.74) is 0.441. The minimum atomic E-state index is -4.90. The first-order valence-corrected chi connectivity index (χ1v) is 9.04. The number of rotatable bonds is 4. The summed E-state index contributed by atoms with van der Waals surface area (Å²) < 4.78 is 42.5. The number of para-hydroxylation sites is 2. The molecule has 0 aliphatic rings. The normalized spacial score (nSPS) is 11.3. The van der Waals surface area contributed by atoms with Gasteiger partial charge in [-0.2, -0.15) is 0 Å². The molecule has 0 saturated carbocycles. The van der Waals surface area contributed by atoms with Crippen LogP contribution in [0.3, 0.4) is 0 Å². The average Bonchev–Trinajstić information content (AvgIpc) is 2.73. The number of hydrogen-bond acceptors (Lipinski definition) is 4. The van der Waals surface area contributed by atoms with Crippen molar-refractivity contribution in [1.29, 1.82) is 0 Å². The number of carbonyl (C=O) groups is 1. The lowest BCUT2D eigenvalue weighted by Gasteiger charge is -2.14. The molecule has 31 heavy (non-hydrogen) atoms. The standard InChI is InChI=1S/C22H14F3N3O3/c23-22(24,25)31-19-9-2-1-6-14(19)17-11-18(29)15-7-3-8-16(20(15)28-17)21(30)27-13-5-4-10-26-12-13/h1-12H,(H,27,30)(H,28,29). The molecule has 2 aromatic heterocycles. The number of amides is 1. The van der Waals surface area contributed by atoms with Gasteiger partial charge in [0.1, 0.15) is 5.75 Å². The smallest absolute Gasteiger partial charge is 0.405 e. The summed E-state index contributed by atoms with van der Waals surface area (Å²) in [4.78, 5) is 32.3. The number of aromatic amines is 1. The van der Waals surface area contributed by atoms with Gasteiger partial charge in [0, 0.05) is 23.2 Å². The van der Waals surface area contributed by atoms with E-state index in [1.807, 2.05) is 0 Å². The second-order valence-electron chi connectivity index (χ2n) is 6.52. The SMILES string of the molecule is O=C(Nc1cccnc1)c1cccc2c(=O)cc(-c3ccccc3OC(F)(F)F)[nH]c12. The molecule has 0 radical (unpaired) electrons.